The molecule has 142 valence electrons. The lowest BCUT2D eigenvalue weighted by molar-refractivity contribution is -0.0549. The number of hydrogen-bond donors (Lipinski definition) is 4. The van der Waals surface area contributed by atoms with Gasteiger partial charge in [-0.2, -0.15) is 4.98 Å². The standard InChI is InChI=1S/C16H18N6O5/c23-7-11-13(24)14(25)15(27-11)21-6-5-12(18-16(21)26)17-8-22-10-4-2-1-3-9(10)19-20-22/h1-6,11,13-15,23-25H,7-8H2,(H,17,18,26). The maximum absolute atomic E-state index is 12.3. The van der Waals surface area contributed by atoms with E-state index in [4.69, 9.17) is 9.84 Å². The average molecular weight is 374 g/mol. The zero-order valence-corrected chi connectivity index (χ0v) is 14.1. The molecule has 4 unspecified atom stereocenters. The predicted octanol–water partition coefficient (Wildman–Crippen LogP) is -1.33. The van der Waals surface area contributed by atoms with Crippen molar-refractivity contribution in [3.8, 4) is 0 Å². The summed E-state index contributed by atoms with van der Waals surface area (Å²) in [7, 11) is 0. The van der Waals surface area contributed by atoms with Crippen molar-refractivity contribution in [3.63, 3.8) is 0 Å². The van der Waals surface area contributed by atoms with Crippen molar-refractivity contribution >= 4 is 16.9 Å². The molecule has 4 N–H and O–H groups in total. The van der Waals surface area contributed by atoms with E-state index < -0.39 is 36.8 Å². The number of hydrogen-bond acceptors (Lipinski definition) is 9. The van der Waals surface area contributed by atoms with Crippen molar-refractivity contribution in [3.05, 3.63) is 47.0 Å². The molecule has 0 radical (unpaired) electrons. The number of para-hydroxylation sites is 1. The highest BCUT2D eigenvalue weighted by Crippen LogP contribution is 2.28. The minimum Gasteiger partial charge on any atom is -0.394 e. The second-order valence-electron chi connectivity index (χ2n) is 6.14. The van der Waals surface area contributed by atoms with Crippen molar-refractivity contribution in [2.24, 2.45) is 0 Å². The molecule has 3 heterocycles. The molecule has 1 saturated heterocycles. The smallest absolute Gasteiger partial charge is 0.351 e. The van der Waals surface area contributed by atoms with Crippen molar-refractivity contribution in [2.45, 2.75) is 31.2 Å². The summed E-state index contributed by atoms with van der Waals surface area (Å²) in [6.45, 7) is -0.215. The molecule has 27 heavy (non-hydrogen) atoms. The molecular weight excluding hydrogens is 356 g/mol. The molecular formula is C16H18N6O5. The van der Waals surface area contributed by atoms with E-state index in [1.807, 2.05) is 24.3 Å². The van der Waals surface area contributed by atoms with Gasteiger partial charge in [0.05, 0.1) is 12.1 Å². The maximum atomic E-state index is 12.3. The largest absolute Gasteiger partial charge is 0.394 e. The predicted molar refractivity (Wildman–Crippen MR) is 92.7 cm³/mol. The Labute approximate surface area is 152 Å². The Bertz CT molecular complexity index is 1000. The first-order chi connectivity index (χ1) is 13.1. The second kappa shape index (κ2) is 7.04. The van der Waals surface area contributed by atoms with Gasteiger partial charge in [0.1, 0.15) is 36.3 Å². The van der Waals surface area contributed by atoms with E-state index in [0.717, 1.165) is 15.6 Å². The van der Waals surface area contributed by atoms with Gasteiger partial charge in [-0.25, -0.2) is 9.48 Å². The monoisotopic (exact) mass is 374 g/mol. The van der Waals surface area contributed by atoms with Gasteiger partial charge >= 0.3 is 5.69 Å². The van der Waals surface area contributed by atoms with Crippen LogP contribution in [0.5, 0.6) is 0 Å². The Morgan fingerprint density at radius 2 is 2.00 bits per heavy atom. The number of aliphatic hydroxyl groups excluding tert-OH is 3. The Morgan fingerprint density at radius 1 is 1.19 bits per heavy atom. The van der Waals surface area contributed by atoms with Gasteiger partial charge in [0.25, 0.3) is 0 Å². The molecule has 11 heteroatoms. The zero-order valence-electron chi connectivity index (χ0n) is 14.1. The highest BCUT2D eigenvalue weighted by atomic mass is 16.6. The maximum Gasteiger partial charge on any atom is 0.351 e. The van der Waals surface area contributed by atoms with E-state index in [1.54, 1.807) is 4.68 Å². The summed E-state index contributed by atoms with van der Waals surface area (Å²) in [6, 6.07) is 9.01. The van der Waals surface area contributed by atoms with Crippen LogP contribution in [0.15, 0.2) is 41.3 Å². The third-order valence-corrected chi connectivity index (χ3v) is 4.45. The fraction of sp³-hybridized carbons (Fsp3) is 0.375. The summed E-state index contributed by atoms with van der Waals surface area (Å²) in [5.41, 5.74) is 0.926. The van der Waals surface area contributed by atoms with Crippen LogP contribution in [0.2, 0.25) is 0 Å². The van der Waals surface area contributed by atoms with Crippen LogP contribution in [0.25, 0.3) is 11.0 Å². The summed E-state index contributed by atoms with van der Waals surface area (Å²) >= 11 is 0. The van der Waals surface area contributed by atoms with Gasteiger partial charge in [0.15, 0.2) is 6.23 Å². The Morgan fingerprint density at radius 3 is 2.74 bits per heavy atom. The highest BCUT2D eigenvalue weighted by molar-refractivity contribution is 5.73. The number of nitrogens with one attached hydrogen (secondary N) is 1. The quantitative estimate of drug-likeness (QED) is 0.426. The molecule has 0 aliphatic carbocycles. The number of benzene rings is 1. The summed E-state index contributed by atoms with van der Waals surface area (Å²) in [4.78, 5) is 16.2. The SMILES string of the molecule is O=c1nc(NCn2nnc3ccccc32)ccn1C1OC(CO)C(O)C1O. The molecule has 0 amide bonds. The summed E-state index contributed by atoms with van der Waals surface area (Å²) < 4.78 is 8.04. The van der Waals surface area contributed by atoms with Crippen LogP contribution in [0.1, 0.15) is 6.23 Å². The normalized spacial score (nSPS) is 25.1. The first kappa shape index (κ1) is 17.5. The highest BCUT2D eigenvalue weighted by Gasteiger charge is 2.43. The fourth-order valence-electron chi connectivity index (χ4n) is 3.00. The van der Waals surface area contributed by atoms with Crippen LogP contribution in [-0.4, -0.2) is 64.8 Å². The second-order valence-corrected chi connectivity index (χ2v) is 6.14. The molecule has 2 aromatic heterocycles. The Balaban J connectivity index is 1.50. The lowest BCUT2D eigenvalue weighted by Gasteiger charge is -2.17. The Hall–Kier alpha value is -2.86. The molecule has 4 atom stereocenters. The van der Waals surface area contributed by atoms with Gasteiger partial charge in [-0.05, 0) is 18.2 Å². The van der Waals surface area contributed by atoms with Crippen molar-refractivity contribution in [1.29, 1.82) is 0 Å². The summed E-state index contributed by atoms with van der Waals surface area (Å²) in [5, 5.41) is 40.0. The first-order valence-corrected chi connectivity index (χ1v) is 8.32. The van der Waals surface area contributed by atoms with E-state index in [1.165, 1.54) is 12.3 Å². The van der Waals surface area contributed by atoms with Crippen molar-refractivity contribution < 1.29 is 20.1 Å². The number of fused-ring (bicyclic) bond motifs is 1. The lowest BCUT2D eigenvalue weighted by atomic mass is 10.1. The van der Waals surface area contributed by atoms with Gasteiger partial charge in [-0.1, -0.05) is 17.3 Å². The minimum atomic E-state index is -1.35. The number of aromatic nitrogens is 5. The van der Waals surface area contributed by atoms with Crippen LogP contribution < -0.4 is 11.0 Å². The number of anilines is 1. The molecule has 1 aliphatic heterocycles. The Kier molecular flexibility index (Phi) is 4.58. The van der Waals surface area contributed by atoms with Gasteiger partial charge in [-0.3, -0.25) is 4.57 Å². The van der Waals surface area contributed by atoms with Gasteiger partial charge in [-0.15, -0.1) is 5.10 Å². The van der Waals surface area contributed by atoms with Gasteiger partial charge in [0, 0.05) is 6.20 Å². The van der Waals surface area contributed by atoms with E-state index in [2.05, 4.69) is 20.6 Å². The first-order valence-electron chi connectivity index (χ1n) is 8.32. The zero-order chi connectivity index (χ0) is 19.0. The molecule has 3 aromatic rings. The molecule has 0 saturated carbocycles. The average Bonchev–Trinajstić information content (AvgIpc) is 3.22. The van der Waals surface area contributed by atoms with E-state index in [-0.39, 0.29) is 6.67 Å². The third-order valence-electron chi connectivity index (χ3n) is 4.45. The number of rotatable bonds is 5. The van der Waals surface area contributed by atoms with Crippen LogP contribution in [0.4, 0.5) is 5.82 Å². The summed E-state index contributed by atoms with van der Waals surface area (Å²) in [6.07, 6.45) is -3.31. The molecule has 1 aromatic carbocycles. The molecule has 1 fully saturated rings. The fourth-order valence-corrected chi connectivity index (χ4v) is 3.00. The van der Waals surface area contributed by atoms with Crippen LogP contribution in [-0.2, 0) is 11.4 Å². The number of ether oxygens (including phenoxy) is 1. The van der Waals surface area contributed by atoms with E-state index in [0.29, 0.717) is 5.82 Å². The third kappa shape index (κ3) is 3.17. The van der Waals surface area contributed by atoms with Gasteiger partial charge < -0.3 is 25.4 Å². The van der Waals surface area contributed by atoms with Crippen molar-refractivity contribution in [2.75, 3.05) is 11.9 Å². The molecule has 4 rings (SSSR count). The minimum absolute atomic E-state index is 0.255. The van der Waals surface area contributed by atoms with Gasteiger partial charge in [0.2, 0.25) is 0 Å². The van der Waals surface area contributed by atoms with E-state index in [9.17, 15) is 15.0 Å². The van der Waals surface area contributed by atoms with E-state index >= 15 is 0 Å². The topological polar surface area (TPSA) is 148 Å². The molecule has 11 nitrogen and oxygen atoms in total. The molecule has 1 aliphatic rings. The number of aliphatic hydroxyl groups is 3. The van der Waals surface area contributed by atoms with Crippen molar-refractivity contribution in [1.82, 2.24) is 24.5 Å². The number of nitrogens with zero attached hydrogens (tertiary/aromatic N) is 5. The van der Waals surface area contributed by atoms with Crippen LogP contribution >= 0.6 is 0 Å². The van der Waals surface area contributed by atoms with Crippen LogP contribution in [0, 0.1) is 0 Å². The summed E-state index contributed by atoms with van der Waals surface area (Å²) in [5.74, 6) is 0.308. The molecule has 0 spiro atoms. The lowest BCUT2D eigenvalue weighted by Crippen LogP contribution is -2.36. The molecule has 0 bridgehead atoms. The van der Waals surface area contributed by atoms with Crippen LogP contribution in [0.3, 0.4) is 0 Å².